The number of hydrogen-bond acceptors (Lipinski definition) is 2. The molecule has 2 rings (SSSR count). The molecule has 1 saturated heterocycles. The van der Waals surface area contributed by atoms with Gasteiger partial charge in [0.15, 0.2) is 0 Å². The number of carbonyl (C=O) groups excluding carboxylic acids is 1. The third-order valence-electron chi connectivity index (χ3n) is 4.19. The monoisotopic (exact) mass is 269 g/mol. The number of nitrogens with zero attached hydrogens (tertiary/aromatic N) is 1. The van der Waals surface area contributed by atoms with Crippen molar-refractivity contribution < 1.29 is 4.79 Å². The van der Waals surface area contributed by atoms with E-state index in [0.29, 0.717) is 5.78 Å². The van der Waals surface area contributed by atoms with Gasteiger partial charge in [-0.25, -0.2) is 0 Å². The second kappa shape index (κ2) is 6.08. The lowest BCUT2D eigenvalue weighted by Crippen LogP contribution is -2.20. The molecule has 1 heterocycles. The minimum Gasteiger partial charge on any atom is -0.374 e. The Morgan fingerprint density at radius 2 is 2.15 bits per heavy atom. The summed E-state index contributed by atoms with van der Waals surface area (Å²) in [6.45, 7) is 11.7. The van der Waals surface area contributed by atoms with Gasteiger partial charge in [-0.2, -0.15) is 0 Å². The van der Waals surface area contributed by atoms with Crippen LogP contribution in [0.5, 0.6) is 0 Å². The minimum atomic E-state index is 0.203. The van der Waals surface area contributed by atoms with Crippen molar-refractivity contribution >= 4 is 17.9 Å². The molecule has 1 atom stereocenters. The second-order valence-corrected chi connectivity index (χ2v) is 5.61. The highest BCUT2D eigenvalue weighted by molar-refractivity contribution is 5.79. The highest BCUT2D eigenvalue weighted by Gasteiger charge is 2.25. The molecule has 0 radical (unpaired) electrons. The highest BCUT2D eigenvalue weighted by atomic mass is 16.1. The van der Waals surface area contributed by atoms with Crippen LogP contribution in [0.15, 0.2) is 30.5 Å². The third kappa shape index (κ3) is 3.01. The summed E-state index contributed by atoms with van der Waals surface area (Å²) in [6.07, 6.45) is 5.09. The maximum atomic E-state index is 11.5. The van der Waals surface area contributed by atoms with Crippen LogP contribution in [0.25, 0.3) is 12.2 Å². The Morgan fingerprint density at radius 3 is 2.75 bits per heavy atom. The van der Waals surface area contributed by atoms with Crippen molar-refractivity contribution in [3.63, 3.8) is 0 Å². The Morgan fingerprint density at radius 1 is 1.40 bits per heavy atom. The van der Waals surface area contributed by atoms with E-state index in [2.05, 4.69) is 49.6 Å². The number of likely N-dealkylation sites (tertiary alicyclic amines) is 1. The van der Waals surface area contributed by atoms with Crippen LogP contribution in [0.2, 0.25) is 0 Å². The zero-order valence-corrected chi connectivity index (χ0v) is 12.6. The van der Waals surface area contributed by atoms with Crippen molar-refractivity contribution in [1.29, 1.82) is 0 Å². The van der Waals surface area contributed by atoms with Gasteiger partial charge in [-0.15, -0.1) is 0 Å². The van der Waals surface area contributed by atoms with Crippen LogP contribution in [0.4, 0.5) is 0 Å². The van der Waals surface area contributed by atoms with Gasteiger partial charge in [-0.1, -0.05) is 30.9 Å². The van der Waals surface area contributed by atoms with Gasteiger partial charge in [0.1, 0.15) is 5.78 Å². The topological polar surface area (TPSA) is 20.3 Å². The Kier molecular flexibility index (Phi) is 4.43. The Hall–Kier alpha value is -1.83. The van der Waals surface area contributed by atoms with E-state index in [0.717, 1.165) is 19.5 Å². The van der Waals surface area contributed by atoms with E-state index in [1.807, 2.05) is 6.08 Å². The molecule has 1 aromatic rings. The van der Waals surface area contributed by atoms with E-state index in [1.165, 1.54) is 22.4 Å². The first-order valence-corrected chi connectivity index (χ1v) is 7.18. The maximum Gasteiger partial charge on any atom is 0.134 e. The van der Waals surface area contributed by atoms with Crippen LogP contribution >= 0.6 is 0 Å². The molecular formula is C18H23NO. The molecular weight excluding hydrogens is 246 g/mol. The Labute approximate surface area is 121 Å². The van der Waals surface area contributed by atoms with E-state index in [4.69, 9.17) is 0 Å². The first-order valence-electron chi connectivity index (χ1n) is 7.18. The molecule has 1 aliphatic heterocycles. The molecule has 20 heavy (non-hydrogen) atoms. The standard InChI is InChI=1S/C18H23NO/c1-5-18-13(2)7-6-8-16(18)11-14(3)19-10-9-17(12-19)15(4)20/h5-8,11,17H,1,9-10,12H2,2-4H3/b14-11+. The molecule has 2 heteroatoms. The molecule has 0 aromatic heterocycles. The van der Waals surface area contributed by atoms with Gasteiger partial charge < -0.3 is 4.90 Å². The van der Waals surface area contributed by atoms with Crippen LogP contribution in [0.3, 0.4) is 0 Å². The zero-order chi connectivity index (χ0) is 14.7. The lowest BCUT2D eigenvalue weighted by atomic mass is 10.0. The highest BCUT2D eigenvalue weighted by Crippen LogP contribution is 2.24. The summed E-state index contributed by atoms with van der Waals surface area (Å²) in [6, 6.07) is 6.29. The van der Waals surface area contributed by atoms with Crippen molar-refractivity contribution in [3.8, 4) is 0 Å². The summed E-state index contributed by atoms with van der Waals surface area (Å²) < 4.78 is 0. The number of Topliss-reactive ketones (excluding diaryl/α,β-unsaturated/α-hetero) is 1. The number of ketones is 1. The van der Waals surface area contributed by atoms with Gasteiger partial charge in [-0.3, -0.25) is 4.79 Å². The average molecular weight is 269 g/mol. The van der Waals surface area contributed by atoms with Crippen LogP contribution in [-0.2, 0) is 4.79 Å². The summed E-state index contributed by atoms with van der Waals surface area (Å²) in [5.74, 6) is 0.511. The van der Waals surface area contributed by atoms with E-state index < -0.39 is 0 Å². The quantitative estimate of drug-likeness (QED) is 0.826. The first kappa shape index (κ1) is 14.6. The van der Waals surface area contributed by atoms with E-state index in [9.17, 15) is 4.79 Å². The van der Waals surface area contributed by atoms with Crippen molar-refractivity contribution in [2.45, 2.75) is 27.2 Å². The number of rotatable bonds is 4. The van der Waals surface area contributed by atoms with E-state index in [-0.39, 0.29) is 5.92 Å². The van der Waals surface area contributed by atoms with Crippen LogP contribution in [0, 0.1) is 12.8 Å². The van der Waals surface area contributed by atoms with Crippen LogP contribution in [-0.4, -0.2) is 23.8 Å². The summed E-state index contributed by atoms with van der Waals surface area (Å²) in [5, 5.41) is 0. The van der Waals surface area contributed by atoms with Crippen molar-refractivity contribution in [2.24, 2.45) is 5.92 Å². The third-order valence-corrected chi connectivity index (χ3v) is 4.19. The maximum absolute atomic E-state index is 11.5. The average Bonchev–Trinajstić information content (AvgIpc) is 2.89. The fourth-order valence-corrected chi connectivity index (χ4v) is 2.84. The molecule has 2 nitrogen and oxygen atoms in total. The zero-order valence-electron chi connectivity index (χ0n) is 12.6. The molecule has 1 unspecified atom stereocenters. The number of aryl methyl sites for hydroxylation is 1. The van der Waals surface area contributed by atoms with Crippen LogP contribution < -0.4 is 0 Å². The van der Waals surface area contributed by atoms with Gasteiger partial charge in [-0.05, 0) is 50.0 Å². The summed E-state index contributed by atoms with van der Waals surface area (Å²) in [4.78, 5) is 13.8. The molecule has 106 valence electrons. The molecule has 0 saturated carbocycles. The summed E-state index contributed by atoms with van der Waals surface area (Å²) in [7, 11) is 0. The number of hydrogen-bond donors (Lipinski definition) is 0. The Bertz CT molecular complexity index is 557. The molecule has 0 N–H and O–H groups in total. The SMILES string of the molecule is C=Cc1c(C)cccc1/C=C(\C)N1CCC(C(C)=O)C1. The predicted molar refractivity (Wildman–Crippen MR) is 85.3 cm³/mol. The van der Waals surface area contributed by atoms with Crippen LogP contribution in [0.1, 0.15) is 37.0 Å². The molecule has 0 amide bonds. The summed E-state index contributed by atoms with van der Waals surface area (Å²) >= 11 is 0. The van der Waals surface area contributed by atoms with Crippen molar-refractivity contribution in [3.05, 3.63) is 47.2 Å². The van der Waals surface area contributed by atoms with Gasteiger partial charge in [0.25, 0.3) is 0 Å². The van der Waals surface area contributed by atoms with E-state index >= 15 is 0 Å². The first-order chi connectivity index (χ1) is 9.52. The molecule has 1 aromatic carbocycles. The van der Waals surface area contributed by atoms with Crippen molar-refractivity contribution in [2.75, 3.05) is 13.1 Å². The predicted octanol–water partition coefficient (Wildman–Crippen LogP) is 3.91. The summed E-state index contributed by atoms with van der Waals surface area (Å²) in [5.41, 5.74) is 4.85. The number of allylic oxidation sites excluding steroid dienone is 1. The minimum absolute atomic E-state index is 0.203. The molecule has 0 bridgehead atoms. The Balaban J connectivity index is 2.21. The fraction of sp³-hybridized carbons (Fsp3) is 0.389. The van der Waals surface area contributed by atoms with Gasteiger partial charge in [0.05, 0.1) is 0 Å². The van der Waals surface area contributed by atoms with E-state index in [1.54, 1.807) is 6.92 Å². The largest absolute Gasteiger partial charge is 0.374 e. The lowest BCUT2D eigenvalue weighted by Gasteiger charge is -2.19. The van der Waals surface area contributed by atoms with Gasteiger partial charge in [0.2, 0.25) is 0 Å². The number of carbonyl (C=O) groups is 1. The van der Waals surface area contributed by atoms with Gasteiger partial charge >= 0.3 is 0 Å². The normalized spacial score (nSPS) is 19.2. The molecule has 1 aliphatic rings. The fourth-order valence-electron chi connectivity index (χ4n) is 2.84. The van der Waals surface area contributed by atoms with Gasteiger partial charge in [0, 0.05) is 24.7 Å². The smallest absolute Gasteiger partial charge is 0.134 e. The molecule has 0 spiro atoms. The molecule has 0 aliphatic carbocycles. The number of benzene rings is 1. The lowest BCUT2D eigenvalue weighted by molar-refractivity contribution is -0.120. The van der Waals surface area contributed by atoms with Crippen molar-refractivity contribution in [1.82, 2.24) is 4.90 Å². The second-order valence-electron chi connectivity index (χ2n) is 5.61. The molecule has 1 fully saturated rings.